The smallest absolute Gasteiger partial charge is 0.265 e. The Hall–Kier alpha value is -2.33. The molecule has 136 valence electrons. The van der Waals surface area contributed by atoms with Crippen molar-refractivity contribution in [2.75, 3.05) is 4.72 Å². The van der Waals surface area contributed by atoms with Crippen molar-refractivity contribution in [3.63, 3.8) is 0 Å². The second-order valence-electron chi connectivity index (χ2n) is 5.33. The van der Waals surface area contributed by atoms with E-state index in [0.29, 0.717) is 10.5 Å². The van der Waals surface area contributed by atoms with Crippen molar-refractivity contribution >= 4 is 31.8 Å². The summed E-state index contributed by atoms with van der Waals surface area (Å²) >= 11 is 3.16. The predicted octanol–water partition coefficient (Wildman–Crippen LogP) is 3.91. The summed E-state index contributed by atoms with van der Waals surface area (Å²) < 4.78 is 68.4. The van der Waals surface area contributed by atoms with Crippen molar-refractivity contribution < 1.29 is 21.6 Å². The van der Waals surface area contributed by atoms with Gasteiger partial charge in [-0.25, -0.2) is 21.6 Å². The van der Waals surface area contributed by atoms with Crippen LogP contribution >= 0.6 is 15.9 Å². The number of hydrogen-bond acceptors (Lipinski definition) is 3. The molecule has 0 amide bonds. The van der Waals surface area contributed by atoms with E-state index in [4.69, 9.17) is 0 Å². The van der Waals surface area contributed by atoms with Gasteiger partial charge in [-0.1, -0.05) is 12.1 Å². The summed E-state index contributed by atoms with van der Waals surface area (Å²) in [5.74, 6) is -2.43. The monoisotopic (exact) mass is 445 g/mol. The predicted molar refractivity (Wildman–Crippen MR) is 92.6 cm³/mol. The average molecular weight is 446 g/mol. The number of benzene rings is 2. The van der Waals surface area contributed by atoms with Gasteiger partial charge in [-0.05, 0) is 51.8 Å². The largest absolute Gasteiger partial charge is 0.266 e. The third-order valence-corrected chi connectivity index (χ3v) is 5.32. The molecule has 0 saturated carbocycles. The van der Waals surface area contributed by atoms with Gasteiger partial charge in [0.2, 0.25) is 0 Å². The van der Waals surface area contributed by atoms with Crippen LogP contribution in [0.3, 0.4) is 0 Å². The minimum Gasteiger partial charge on any atom is -0.265 e. The van der Waals surface area contributed by atoms with E-state index in [1.807, 2.05) is 0 Å². The van der Waals surface area contributed by atoms with Crippen LogP contribution in [-0.4, -0.2) is 18.2 Å². The fraction of sp³-hybridized carbons (Fsp3) is 0.0625. The van der Waals surface area contributed by atoms with Crippen molar-refractivity contribution in [1.82, 2.24) is 9.78 Å². The molecular formula is C16H11BrF3N3O2S. The Kier molecular flexibility index (Phi) is 5.05. The first-order chi connectivity index (χ1) is 12.2. The lowest BCUT2D eigenvalue weighted by Gasteiger charge is -2.07. The number of aromatic nitrogens is 2. The van der Waals surface area contributed by atoms with Gasteiger partial charge in [0.25, 0.3) is 10.0 Å². The second-order valence-corrected chi connectivity index (χ2v) is 7.84. The first-order valence-electron chi connectivity index (χ1n) is 7.20. The minimum absolute atomic E-state index is 0.0872. The van der Waals surface area contributed by atoms with Gasteiger partial charge in [-0.2, -0.15) is 5.10 Å². The van der Waals surface area contributed by atoms with Gasteiger partial charge >= 0.3 is 0 Å². The highest BCUT2D eigenvalue weighted by Gasteiger charge is 2.22. The molecule has 0 atom stereocenters. The van der Waals surface area contributed by atoms with Gasteiger partial charge in [-0.3, -0.25) is 9.40 Å². The van der Waals surface area contributed by atoms with E-state index >= 15 is 0 Å². The Labute approximate surface area is 155 Å². The van der Waals surface area contributed by atoms with Gasteiger partial charge in [0.1, 0.15) is 22.3 Å². The van der Waals surface area contributed by atoms with Crippen LogP contribution < -0.4 is 4.72 Å². The van der Waals surface area contributed by atoms with Crippen LogP contribution in [-0.2, 0) is 16.6 Å². The maximum absolute atomic E-state index is 13.7. The zero-order valence-electron chi connectivity index (χ0n) is 13.0. The Morgan fingerprint density at radius 3 is 2.38 bits per heavy atom. The normalized spacial score (nSPS) is 11.5. The SMILES string of the molecule is O=S(=O)(Nc1nn(Cc2ccc(F)cc2)cc1Br)c1cc(F)ccc1F. The third kappa shape index (κ3) is 4.07. The van der Waals surface area contributed by atoms with Crippen molar-refractivity contribution in [3.8, 4) is 0 Å². The third-order valence-electron chi connectivity index (χ3n) is 3.39. The average Bonchev–Trinajstić information content (AvgIpc) is 2.90. The van der Waals surface area contributed by atoms with Crippen molar-refractivity contribution in [3.05, 3.63) is 76.1 Å². The molecule has 5 nitrogen and oxygen atoms in total. The Morgan fingerprint density at radius 2 is 1.69 bits per heavy atom. The van der Waals surface area contributed by atoms with E-state index < -0.39 is 26.6 Å². The standard InChI is InChI=1S/C16H11BrF3N3O2S/c17-13-9-23(8-10-1-3-11(18)4-2-10)21-16(13)22-26(24,25)15-7-12(19)5-6-14(15)20/h1-7,9H,8H2,(H,21,22). The highest BCUT2D eigenvalue weighted by Crippen LogP contribution is 2.25. The van der Waals surface area contributed by atoms with Crippen molar-refractivity contribution in [1.29, 1.82) is 0 Å². The van der Waals surface area contributed by atoms with E-state index in [1.165, 1.54) is 23.0 Å². The highest BCUT2D eigenvalue weighted by molar-refractivity contribution is 9.10. The first kappa shape index (κ1) is 18.5. The van der Waals surface area contributed by atoms with Crippen LogP contribution in [0, 0.1) is 17.5 Å². The molecule has 3 rings (SSSR count). The molecule has 0 bridgehead atoms. The van der Waals surface area contributed by atoms with Gasteiger partial charge in [0.05, 0.1) is 11.0 Å². The Morgan fingerprint density at radius 1 is 1.04 bits per heavy atom. The van der Waals surface area contributed by atoms with Crippen LogP contribution in [0.15, 0.2) is 58.0 Å². The number of rotatable bonds is 5. The number of anilines is 1. The van der Waals surface area contributed by atoms with Crippen molar-refractivity contribution in [2.24, 2.45) is 0 Å². The number of halogens is 4. The summed E-state index contributed by atoms with van der Waals surface area (Å²) in [6.45, 7) is 0.259. The topological polar surface area (TPSA) is 64.0 Å². The second kappa shape index (κ2) is 7.12. The van der Waals surface area contributed by atoms with Gasteiger partial charge in [0.15, 0.2) is 5.82 Å². The molecule has 0 radical (unpaired) electrons. The van der Waals surface area contributed by atoms with Crippen LogP contribution in [0.4, 0.5) is 19.0 Å². The van der Waals surface area contributed by atoms with Crippen LogP contribution in [0.2, 0.25) is 0 Å². The highest BCUT2D eigenvalue weighted by atomic mass is 79.9. The molecule has 10 heteroatoms. The van der Waals surface area contributed by atoms with Crippen LogP contribution in [0.25, 0.3) is 0 Å². The number of sulfonamides is 1. The maximum Gasteiger partial charge on any atom is 0.266 e. The Bertz CT molecular complexity index is 1050. The molecule has 0 aliphatic rings. The molecular weight excluding hydrogens is 435 g/mol. The minimum atomic E-state index is -4.37. The van der Waals surface area contributed by atoms with Gasteiger partial charge < -0.3 is 0 Å². The summed E-state index contributed by atoms with van der Waals surface area (Å²) in [6.07, 6.45) is 1.50. The lowest BCUT2D eigenvalue weighted by atomic mass is 10.2. The van der Waals surface area contributed by atoms with Crippen LogP contribution in [0.1, 0.15) is 5.56 Å². The van der Waals surface area contributed by atoms with Gasteiger partial charge in [0, 0.05) is 6.20 Å². The molecule has 0 unspecified atom stereocenters. The number of nitrogens with one attached hydrogen (secondary N) is 1. The summed E-state index contributed by atoms with van der Waals surface area (Å²) in [7, 11) is -4.37. The molecule has 2 aromatic carbocycles. The summed E-state index contributed by atoms with van der Waals surface area (Å²) in [5, 5.41) is 4.06. The Balaban J connectivity index is 1.85. The maximum atomic E-state index is 13.7. The number of nitrogens with zero attached hydrogens (tertiary/aromatic N) is 2. The fourth-order valence-electron chi connectivity index (χ4n) is 2.19. The molecule has 1 aromatic heterocycles. The lowest BCUT2D eigenvalue weighted by Crippen LogP contribution is -2.16. The van der Waals surface area contributed by atoms with E-state index in [2.05, 4.69) is 25.8 Å². The lowest BCUT2D eigenvalue weighted by molar-refractivity contribution is 0.555. The quantitative estimate of drug-likeness (QED) is 0.647. The summed E-state index contributed by atoms with van der Waals surface area (Å²) in [5.41, 5.74) is 0.743. The zero-order chi connectivity index (χ0) is 18.9. The van der Waals surface area contributed by atoms with Crippen LogP contribution in [0.5, 0.6) is 0 Å². The van der Waals surface area contributed by atoms with E-state index in [1.54, 1.807) is 12.1 Å². The molecule has 1 N–H and O–H groups in total. The van der Waals surface area contributed by atoms with E-state index in [-0.39, 0.29) is 18.2 Å². The zero-order valence-corrected chi connectivity index (χ0v) is 15.4. The van der Waals surface area contributed by atoms with E-state index in [0.717, 1.165) is 17.7 Å². The summed E-state index contributed by atoms with van der Waals surface area (Å²) in [4.78, 5) is -0.822. The molecule has 0 saturated heterocycles. The van der Waals surface area contributed by atoms with E-state index in [9.17, 15) is 21.6 Å². The van der Waals surface area contributed by atoms with Gasteiger partial charge in [-0.15, -0.1) is 0 Å². The number of hydrogen-bond donors (Lipinski definition) is 1. The molecule has 3 aromatic rings. The first-order valence-corrected chi connectivity index (χ1v) is 9.47. The fourth-order valence-corrected chi connectivity index (χ4v) is 3.84. The van der Waals surface area contributed by atoms with Crippen molar-refractivity contribution in [2.45, 2.75) is 11.4 Å². The molecule has 0 fully saturated rings. The molecule has 1 heterocycles. The molecule has 0 aliphatic heterocycles. The summed E-state index contributed by atoms with van der Waals surface area (Å²) in [6, 6.07) is 7.86. The molecule has 0 aliphatic carbocycles. The molecule has 0 spiro atoms. The molecule has 26 heavy (non-hydrogen) atoms.